The van der Waals surface area contributed by atoms with Gasteiger partial charge in [0, 0.05) is 17.7 Å². The van der Waals surface area contributed by atoms with Crippen molar-refractivity contribution in [1.82, 2.24) is 0 Å². The minimum Gasteiger partial charge on any atom is -0.481 e. The lowest BCUT2D eigenvalue weighted by Crippen LogP contribution is -2.04. The summed E-state index contributed by atoms with van der Waals surface area (Å²) in [5.74, 6) is -0.963. The molecule has 0 heterocycles. The molecule has 0 aliphatic carbocycles. The zero-order valence-electron chi connectivity index (χ0n) is 7.21. The normalized spacial score (nSPS) is 11.1. The molecule has 0 amide bonds. The Morgan fingerprint density at radius 3 is 2.46 bits per heavy atom. The van der Waals surface area contributed by atoms with Crippen molar-refractivity contribution in [2.75, 3.05) is 12.8 Å². The summed E-state index contributed by atoms with van der Waals surface area (Å²) in [6.45, 7) is 7.10. The largest absolute Gasteiger partial charge is 0.481 e. The van der Waals surface area contributed by atoms with Gasteiger partial charge < -0.3 is 5.11 Å². The first-order valence-corrected chi connectivity index (χ1v) is 4.70. The number of hydrogen-bond donors (Lipinski definition) is 1. The van der Waals surface area contributed by atoms with Crippen LogP contribution in [0.5, 0.6) is 0 Å². The lowest BCUT2D eigenvalue weighted by Gasteiger charge is -2.04. The monoisotopic (exact) mass is 219 g/mol. The van der Waals surface area contributed by atoms with Gasteiger partial charge in [0.05, 0.1) is 10.8 Å². The van der Waals surface area contributed by atoms with E-state index in [2.05, 4.69) is 18.2 Å². The van der Waals surface area contributed by atoms with Gasteiger partial charge in [-0.25, -0.2) is 0 Å². The van der Waals surface area contributed by atoms with Gasteiger partial charge in [0.1, 0.15) is 0 Å². The first-order valence-electron chi connectivity index (χ1n) is 3.34. The third-order valence-electron chi connectivity index (χ3n) is 1.12. The fourth-order valence-electron chi connectivity index (χ4n) is 0.533. The van der Waals surface area contributed by atoms with Gasteiger partial charge in [-0.2, -0.15) is 0 Å². The molecule has 0 aromatic heterocycles. The zero-order chi connectivity index (χ0) is 10.4. The Labute approximate surface area is 86.2 Å². The molecular formula is C8H10ClNO2S. The third-order valence-corrected chi connectivity index (χ3v) is 2.44. The van der Waals surface area contributed by atoms with Crippen LogP contribution in [0.25, 0.3) is 0 Å². The van der Waals surface area contributed by atoms with Crippen LogP contribution < -0.4 is 0 Å². The Morgan fingerprint density at radius 2 is 2.15 bits per heavy atom. The zero-order valence-corrected chi connectivity index (χ0v) is 8.78. The second kappa shape index (κ2) is 5.83. The molecule has 5 heteroatoms. The van der Waals surface area contributed by atoms with Gasteiger partial charge in [-0.1, -0.05) is 36.5 Å². The van der Waals surface area contributed by atoms with E-state index in [1.54, 1.807) is 7.05 Å². The molecule has 0 aromatic carbocycles. The lowest BCUT2D eigenvalue weighted by molar-refractivity contribution is -0.133. The second-order valence-corrected chi connectivity index (χ2v) is 3.51. The summed E-state index contributed by atoms with van der Waals surface area (Å²) in [7, 11) is 1.55. The van der Waals surface area contributed by atoms with Gasteiger partial charge in [-0.3, -0.25) is 9.79 Å². The molecule has 0 bridgehead atoms. The van der Waals surface area contributed by atoms with E-state index >= 15 is 0 Å². The van der Waals surface area contributed by atoms with Crippen LogP contribution >= 0.6 is 23.4 Å². The van der Waals surface area contributed by atoms with Crippen molar-refractivity contribution in [3.63, 3.8) is 0 Å². The number of halogens is 1. The Hall–Kier alpha value is -0.740. The molecule has 0 radical (unpaired) electrons. The number of rotatable bonds is 4. The summed E-state index contributed by atoms with van der Waals surface area (Å²) in [5.41, 5.74) is 0.468. The summed E-state index contributed by atoms with van der Waals surface area (Å²) in [5, 5.41) is 9.20. The minimum atomic E-state index is -0.904. The summed E-state index contributed by atoms with van der Waals surface area (Å²) in [6, 6.07) is 0. The third kappa shape index (κ3) is 4.75. The fourth-order valence-corrected chi connectivity index (χ4v) is 1.37. The van der Waals surface area contributed by atoms with Crippen molar-refractivity contribution in [2.24, 2.45) is 4.99 Å². The number of carbonyl (C=O) groups is 1. The van der Waals surface area contributed by atoms with Gasteiger partial charge in [0.25, 0.3) is 0 Å². The number of carboxylic acid groups (broad SMARTS) is 1. The molecule has 0 saturated carbocycles. The summed E-state index contributed by atoms with van der Waals surface area (Å²) in [6.07, 6.45) is 0. The molecule has 0 rings (SSSR count). The number of aliphatic carboxylic acids is 1. The average molecular weight is 220 g/mol. The number of allylic oxidation sites excluding steroid dienone is 1. The van der Waals surface area contributed by atoms with Gasteiger partial charge in [0.15, 0.2) is 0 Å². The standard InChI is InChI=1S/C8H10ClNO2S/c1-5(6(2)9)8(10-3)13-4-7(11)12/h1-2,4H2,3H3,(H,11,12). The van der Waals surface area contributed by atoms with E-state index < -0.39 is 5.97 Å². The van der Waals surface area contributed by atoms with E-state index in [1.165, 1.54) is 0 Å². The molecule has 0 fully saturated rings. The van der Waals surface area contributed by atoms with Crippen molar-refractivity contribution in [1.29, 1.82) is 0 Å². The van der Waals surface area contributed by atoms with Crippen molar-refractivity contribution in [2.45, 2.75) is 0 Å². The van der Waals surface area contributed by atoms with E-state index in [0.29, 0.717) is 10.6 Å². The number of aliphatic imine (C=N–C) groups is 1. The minimum absolute atomic E-state index is 0.0597. The van der Waals surface area contributed by atoms with Crippen LogP contribution in [0.15, 0.2) is 28.8 Å². The number of nitrogens with zero attached hydrogens (tertiary/aromatic N) is 1. The summed E-state index contributed by atoms with van der Waals surface area (Å²) >= 11 is 6.65. The molecule has 0 saturated heterocycles. The van der Waals surface area contributed by atoms with E-state index in [4.69, 9.17) is 16.7 Å². The highest BCUT2D eigenvalue weighted by atomic mass is 35.5. The molecule has 0 aromatic rings. The van der Waals surface area contributed by atoms with Gasteiger partial charge in [0.2, 0.25) is 0 Å². The highest BCUT2D eigenvalue weighted by Gasteiger charge is 2.08. The Balaban J connectivity index is 4.29. The van der Waals surface area contributed by atoms with Crippen LogP contribution in [-0.4, -0.2) is 28.9 Å². The molecule has 0 unspecified atom stereocenters. The van der Waals surface area contributed by atoms with Gasteiger partial charge in [-0.15, -0.1) is 0 Å². The van der Waals surface area contributed by atoms with Gasteiger partial charge in [-0.05, 0) is 0 Å². The van der Waals surface area contributed by atoms with E-state index in [9.17, 15) is 4.79 Å². The average Bonchev–Trinajstić information content (AvgIpc) is 2.04. The first-order chi connectivity index (χ1) is 5.99. The highest BCUT2D eigenvalue weighted by molar-refractivity contribution is 8.15. The molecule has 0 aliphatic rings. The molecular weight excluding hydrogens is 210 g/mol. The molecule has 0 aliphatic heterocycles. The number of hydrogen-bond acceptors (Lipinski definition) is 3. The van der Waals surface area contributed by atoms with Crippen LogP contribution in [0.1, 0.15) is 0 Å². The Morgan fingerprint density at radius 1 is 1.62 bits per heavy atom. The predicted molar refractivity (Wildman–Crippen MR) is 57.6 cm³/mol. The molecule has 0 atom stereocenters. The Kier molecular flexibility index (Phi) is 5.50. The summed E-state index contributed by atoms with van der Waals surface area (Å²) < 4.78 is 0. The number of carboxylic acids is 1. The maximum absolute atomic E-state index is 10.3. The molecule has 3 nitrogen and oxygen atoms in total. The molecule has 1 N–H and O–H groups in total. The van der Waals surface area contributed by atoms with Crippen LogP contribution in [0.4, 0.5) is 0 Å². The van der Waals surface area contributed by atoms with Gasteiger partial charge >= 0.3 is 5.97 Å². The highest BCUT2D eigenvalue weighted by Crippen LogP contribution is 2.19. The maximum atomic E-state index is 10.3. The van der Waals surface area contributed by atoms with Crippen LogP contribution in [0.2, 0.25) is 0 Å². The summed E-state index contributed by atoms with van der Waals surface area (Å²) in [4.78, 5) is 14.1. The van der Waals surface area contributed by atoms with E-state index in [-0.39, 0.29) is 10.8 Å². The molecule has 0 spiro atoms. The molecule has 13 heavy (non-hydrogen) atoms. The van der Waals surface area contributed by atoms with Crippen molar-refractivity contribution >= 4 is 34.4 Å². The van der Waals surface area contributed by atoms with Crippen LogP contribution in [0, 0.1) is 0 Å². The van der Waals surface area contributed by atoms with Crippen LogP contribution in [0.3, 0.4) is 0 Å². The predicted octanol–water partition coefficient (Wildman–Crippen LogP) is 2.14. The lowest BCUT2D eigenvalue weighted by atomic mass is 10.3. The quantitative estimate of drug-likeness (QED) is 0.448. The SMILES string of the molecule is C=C(Cl)C(=C)C(=NC)SCC(=O)O. The number of thioether (sulfide) groups is 1. The van der Waals surface area contributed by atoms with Crippen molar-refractivity contribution in [3.05, 3.63) is 23.8 Å². The first kappa shape index (κ1) is 12.3. The molecule has 72 valence electrons. The van der Waals surface area contributed by atoms with E-state index in [0.717, 1.165) is 11.8 Å². The maximum Gasteiger partial charge on any atom is 0.313 e. The smallest absolute Gasteiger partial charge is 0.313 e. The fraction of sp³-hybridized carbons (Fsp3) is 0.250. The second-order valence-electron chi connectivity index (χ2n) is 2.09. The van der Waals surface area contributed by atoms with E-state index in [1.807, 2.05) is 0 Å². The topological polar surface area (TPSA) is 49.7 Å². The van der Waals surface area contributed by atoms with Crippen molar-refractivity contribution in [3.8, 4) is 0 Å². The Bertz CT molecular complexity index is 273. The van der Waals surface area contributed by atoms with Crippen LogP contribution in [-0.2, 0) is 4.79 Å². The van der Waals surface area contributed by atoms with Crippen molar-refractivity contribution < 1.29 is 9.90 Å².